The average Bonchev–Trinajstić information content (AvgIpc) is 2.63. The molecule has 26 heavy (non-hydrogen) atoms. The molecule has 3 rings (SSSR count). The van der Waals surface area contributed by atoms with Crippen molar-refractivity contribution in [2.75, 3.05) is 23.3 Å². The first-order chi connectivity index (χ1) is 12.6. The Kier molecular flexibility index (Phi) is 5.73. The Morgan fingerprint density at radius 2 is 1.77 bits per heavy atom. The number of anilines is 2. The van der Waals surface area contributed by atoms with Crippen molar-refractivity contribution in [1.82, 2.24) is 5.32 Å². The summed E-state index contributed by atoms with van der Waals surface area (Å²) in [5, 5.41) is 5.86. The minimum absolute atomic E-state index is 0.156. The number of carbonyl (C=O) groups excluding carboxylic acids is 2. The fourth-order valence-electron chi connectivity index (χ4n) is 3.23. The van der Waals surface area contributed by atoms with E-state index in [0.29, 0.717) is 5.69 Å². The van der Waals surface area contributed by atoms with E-state index >= 15 is 0 Å². The van der Waals surface area contributed by atoms with Crippen molar-refractivity contribution in [3.05, 3.63) is 60.2 Å². The molecule has 6 heteroatoms. The number of nitrogens with zero attached hydrogens (tertiary/aromatic N) is 1. The van der Waals surface area contributed by atoms with Gasteiger partial charge in [0.05, 0.1) is 6.42 Å². The second-order valence-electron chi connectivity index (χ2n) is 6.54. The summed E-state index contributed by atoms with van der Waals surface area (Å²) in [7, 11) is 0. The van der Waals surface area contributed by atoms with E-state index in [0.717, 1.165) is 31.5 Å². The maximum atomic E-state index is 12.2. The Bertz CT molecular complexity index is 755. The number of nitrogens with one attached hydrogen (secondary N) is 2. The fraction of sp³-hybridized carbons (Fsp3) is 0.300. The van der Waals surface area contributed by atoms with Crippen molar-refractivity contribution >= 4 is 23.3 Å². The zero-order chi connectivity index (χ0) is 18.4. The highest BCUT2D eigenvalue weighted by Gasteiger charge is 2.20. The summed E-state index contributed by atoms with van der Waals surface area (Å²) in [5.41, 5.74) is 7.87. The number of hydrogen-bond acceptors (Lipinski definition) is 3. The van der Waals surface area contributed by atoms with Crippen LogP contribution in [0.15, 0.2) is 54.6 Å². The molecule has 0 saturated carbocycles. The maximum Gasteiger partial charge on any atom is 0.319 e. The lowest BCUT2D eigenvalue weighted by Gasteiger charge is -2.34. The van der Waals surface area contributed by atoms with Gasteiger partial charge in [0.25, 0.3) is 0 Å². The molecule has 136 valence electrons. The number of carbonyl (C=O) groups is 2. The first-order valence-electron chi connectivity index (χ1n) is 8.85. The summed E-state index contributed by atoms with van der Waals surface area (Å²) in [6.07, 6.45) is 1.98. The number of rotatable bonds is 5. The average molecular weight is 352 g/mol. The van der Waals surface area contributed by atoms with Gasteiger partial charge in [-0.1, -0.05) is 30.3 Å². The highest BCUT2D eigenvalue weighted by Crippen LogP contribution is 2.19. The number of urea groups is 1. The summed E-state index contributed by atoms with van der Waals surface area (Å²) in [6.45, 7) is 1.84. The molecule has 1 fully saturated rings. The molecule has 0 radical (unpaired) electrons. The molecule has 0 bridgehead atoms. The third kappa shape index (κ3) is 4.99. The van der Waals surface area contributed by atoms with Gasteiger partial charge in [-0.15, -0.1) is 0 Å². The number of para-hydroxylation sites is 1. The smallest absolute Gasteiger partial charge is 0.319 e. The van der Waals surface area contributed by atoms with Crippen LogP contribution in [-0.4, -0.2) is 31.1 Å². The quantitative estimate of drug-likeness (QED) is 0.773. The molecule has 6 nitrogen and oxygen atoms in total. The summed E-state index contributed by atoms with van der Waals surface area (Å²) in [4.78, 5) is 25.6. The molecule has 0 spiro atoms. The summed E-state index contributed by atoms with van der Waals surface area (Å²) < 4.78 is 0. The number of amides is 3. The van der Waals surface area contributed by atoms with Crippen molar-refractivity contribution in [2.45, 2.75) is 25.3 Å². The molecule has 0 aromatic heterocycles. The minimum Gasteiger partial charge on any atom is -0.371 e. The molecule has 1 saturated heterocycles. The molecular weight excluding hydrogens is 328 g/mol. The van der Waals surface area contributed by atoms with Crippen molar-refractivity contribution in [3.63, 3.8) is 0 Å². The molecule has 0 aliphatic carbocycles. The normalized spacial score (nSPS) is 14.7. The number of nitrogens with two attached hydrogens (primary N) is 1. The standard InChI is InChI=1S/C20H24N4O2/c21-19(25)14-15-5-4-6-17(13-15)23-20(26)22-16-9-11-24(12-10-16)18-7-2-1-3-8-18/h1-8,13,16H,9-12,14H2,(H2,21,25)(H2,22,23,26). The van der Waals surface area contributed by atoms with Gasteiger partial charge in [0.15, 0.2) is 0 Å². The lowest BCUT2D eigenvalue weighted by molar-refractivity contribution is -0.117. The van der Waals surface area contributed by atoms with E-state index in [4.69, 9.17) is 5.73 Å². The van der Waals surface area contributed by atoms with Crippen LogP contribution in [0.1, 0.15) is 18.4 Å². The Morgan fingerprint density at radius 1 is 1.04 bits per heavy atom. The van der Waals surface area contributed by atoms with Crippen LogP contribution in [-0.2, 0) is 11.2 Å². The summed E-state index contributed by atoms with van der Waals surface area (Å²) in [6, 6.07) is 17.4. The fourth-order valence-corrected chi connectivity index (χ4v) is 3.23. The third-order valence-electron chi connectivity index (χ3n) is 4.51. The van der Waals surface area contributed by atoms with E-state index in [1.807, 2.05) is 24.3 Å². The molecule has 1 aliphatic rings. The molecular formula is C20H24N4O2. The topological polar surface area (TPSA) is 87.5 Å². The van der Waals surface area contributed by atoms with Gasteiger partial charge in [0, 0.05) is 30.5 Å². The van der Waals surface area contributed by atoms with Crippen molar-refractivity contribution < 1.29 is 9.59 Å². The molecule has 0 atom stereocenters. The number of primary amides is 1. The monoisotopic (exact) mass is 352 g/mol. The zero-order valence-electron chi connectivity index (χ0n) is 14.7. The van der Waals surface area contributed by atoms with E-state index in [1.165, 1.54) is 5.69 Å². The Morgan fingerprint density at radius 3 is 2.46 bits per heavy atom. The van der Waals surface area contributed by atoms with E-state index in [2.05, 4.69) is 27.7 Å². The first kappa shape index (κ1) is 17.8. The number of piperidine rings is 1. The van der Waals surface area contributed by atoms with Gasteiger partial charge in [0.2, 0.25) is 5.91 Å². The van der Waals surface area contributed by atoms with E-state index in [-0.39, 0.29) is 18.5 Å². The third-order valence-corrected chi connectivity index (χ3v) is 4.51. The van der Waals surface area contributed by atoms with Crippen LogP contribution in [0.4, 0.5) is 16.2 Å². The lowest BCUT2D eigenvalue weighted by Crippen LogP contribution is -2.46. The highest BCUT2D eigenvalue weighted by molar-refractivity contribution is 5.89. The van der Waals surface area contributed by atoms with Gasteiger partial charge >= 0.3 is 6.03 Å². The molecule has 0 unspecified atom stereocenters. The Labute approximate surface area is 153 Å². The molecule has 2 aromatic rings. The van der Waals surface area contributed by atoms with Crippen molar-refractivity contribution in [3.8, 4) is 0 Å². The summed E-state index contributed by atoms with van der Waals surface area (Å²) in [5.74, 6) is -0.392. The first-order valence-corrected chi connectivity index (χ1v) is 8.85. The predicted octanol–water partition coefficient (Wildman–Crippen LogP) is 2.50. The van der Waals surface area contributed by atoms with Crippen LogP contribution < -0.4 is 21.3 Å². The lowest BCUT2D eigenvalue weighted by atomic mass is 10.0. The van der Waals surface area contributed by atoms with Crippen LogP contribution >= 0.6 is 0 Å². The Balaban J connectivity index is 1.48. The largest absolute Gasteiger partial charge is 0.371 e. The molecule has 3 amide bonds. The Hall–Kier alpha value is -3.02. The minimum atomic E-state index is -0.392. The molecule has 4 N–H and O–H groups in total. The molecule has 2 aromatic carbocycles. The second kappa shape index (κ2) is 8.38. The van der Waals surface area contributed by atoms with E-state index < -0.39 is 5.91 Å². The van der Waals surface area contributed by atoms with Crippen LogP contribution in [0.3, 0.4) is 0 Å². The van der Waals surface area contributed by atoms with Crippen molar-refractivity contribution in [2.24, 2.45) is 5.73 Å². The van der Waals surface area contributed by atoms with Crippen LogP contribution in [0.2, 0.25) is 0 Å². The van der Waals surface area contributed by atoms with Crippen LogP contribution in [0, 0.1) is 0 Å². The van der Waals surface area contributed by atoms with Gasteiger partial charge in [-0.05, 0) is 42.7 Å². The van der Waals surface area contributed by atoms with Gasteiger partial charge in [-0.2, -0.15) is 0 Å². The van der Waals surface area contributed by atoms with E-state index in [1.54, 1.807) is 18.2 Å². The summed E-state index contributed by atoms with van der Waals surface area (Å²) >= 11 is 0. The maximum absolute atomic E-state index is 12.2. The van der Waals surface area contributed by atoms with Gasteiger partial charge in [0.1, 0.15) is 0 Å². The zero-order valence-corrected chi connectivity index (χ0v) is 14.7. The predicted molar refractivity (Wildman–Crippen MR) is 103 cm³/mol. The number of hydrogen-bond donors (Lipinski definition) is 3. The van der Waals surface area contributed by atoms with Gasteiger partial charge in [-0.3, -0.25) is 4.79 Å². The van der Waals surface area contributed by atoms with Gasteiger partial charge < -0.3 is 21.3 Å². The second-order valence-corrected chi connectivity index (χ2v) is 6.54. The van der Waals surface area contributed by atoms with Crippen molar-refractivity contribution in [1.29, 1.82) is 0 Å². The SMILES string of the molecule is NC(=O)Cc1cccc(NC(=O)NC2CCN(c3ccccc3)CC2)c1. The molecule has 1 aliphatic heterocycles. The number of benzene rings is 2. The molecule has 1 heterocycles. The van der Waals surface area contributed by atoms with E-state index in [9.17, 15) is 9.59 Å². The highest BCUT2D eigenvalue weighted by atomic mass is 16.2. The van der Waals surface area contributed by atoms with Gasteiger partial charge in [-0.25, -0.2) is 4.79 Å². The van der Waals surface area contributed by atoms with Crippen LogP contribution in [0.5, 0.6) is 0 Å². The van der Waals surface area contributed by atoms with Crippen LogP contribution in [0.25, 0.3) is 0 Å².